The molecule has 0 atom stereocenters. The normalized spacial score (nSPS) is 17.7. The second-order valence-corrected chi connectivity index (χ2v) is 4.17. The van der Waals surface area contributed by atoms with Crippen LogP contribution in [0.15, 0.2) is 35.6 Å². The fourth-order valence-corrected chi connectivity index (χ4v) is 2.15. The SMILES string of the molecule is O=NN1CCC(Cc2ccccc2)CC1. The van der Waals surface area contributed by atoms with Gasteiger partial charge >= 0.3 is 0 Å². The molecule has 0 unspecified atom stereocenters. The van der Waals surface area contributed by atoms with Gasteiger partial charge in [0, 0.05) is 13.1 Å². The zero-order valence-corrected chi connectivity index (χ0v) is 8.80. The Balaban J connectivity index is 1.85. The van der Waals surface area contributed by atoms with Gasteiger partial charge in [-0.15, -0.1) is 4.91 Å². The number of hydrogen-bond acceptors (Lipinski definition) is 2. The fraction of sp³-hybridized carbons (Fsp3) is 0.500. The van der Waals surface area contributed by atoms with Crippen molar-refractivity contribution in [2.45, 2.75) is 19.3 Å². The van der Waals surface area contributed by atoms with Crippen LogP contribution in [0.2, 0.25) is 0 Å². The number of hydrogen-bond donors (Lipinski definition) is 0. The number of nitrogens with zero attached hydrogens (tertiary/aromatic N) is 2. The van der Waals surface area contributed by atoms with E-state index in [9.17, 15) is 4.91 Å². The molecule has 0 amide bonds. The van der Waals surface area contributed by atoms with E-state index in [1.807, 2.05) is 6.07 Å². The van der Waals surface area contributed by atoms with Gasteiger partial charge in [-0.05, 0) is 30.7 Å². The molecule has 3 nitrogen and oxygen atoms in total. The molecule has 2 rings (SSSR count). The lowest BCUT2D eigenvalue weighted by Crippen LogP contribution is -2.29. The van der Waals surface area contributed by atoms with E-state index in [-0.39, 0.29) is 0 Å². The zero-order valence-electron chi connectivity index (χ0n) is 8.80. The summed E-state index contributed by atoms with van der Waals surface area (Å²) in [5, 5.41) is 4.60. The molecular weight excluding hydrogens is 188 g/mol. The monoisotopic (exact) mass is 204 g/mol. The minimum Gasteiger partial charge on any atom is -0.261 e. The molecule has 3 heteroatoms. The van der Waals surface area contributed by atoms with E-state index >= 15 is 0 Å². The first kappa shape index (κ1) is 10.1. The summed E-state index contributed by atoms with van der Waals surface area (Å²) >= 11 is 0. The van der Waals surface area contributed by atoms with Gasteiger partial charge in [0.15, 0.2) is 0 Å². The molecule has 15 heavy (non-hydrogen) atoms. The van der Waals surface area contributed by atoms with Crippen LogP contribution in [0, 0.1) is 10.8 Å². The van der Waals surface area contributed by atoms with Crippen LogP contribution in [0.4, 0.5) is 0 Å². The first-order chi connectivity index (χ1) is 7.38. The van der Waals surface area contributed by atoms with E-state index < -0.39 is 0 Å². The smallest absolute Gasteiger partial charge is 0.0523 e. The first-order valence-corrected chi connectivity index (χ1v) is 5.50. The van der Waals surface area contributed by atoms with Crippen LogP contribution in [0.3, 0.4) is 0 Å². The Kier molecular flexibility index (Phi) is 3.33. The summed E-state index contributed by atoms with van der Waals surface area (Å²) in [6, 6.07) is 10.5. The maximum absolute atomic E-state index is 10.3. The Morgan fingerprint density at radius 1 is 1.20 bits per heavy atom. The van der Waals surface area contributed by atoms with Crippen molar-refractivity contribution in [3.63, 3.8) is 0 Å². The van der Waals surface area contributed by atoms with Crippen molar-refractivity contribution in [3.05, 3.63) is 40.8 Å². The van der Waals surface area contributed by atoms with Crippen molar-refractivity contribution in [2.75, 3.05) is 13.1 Å². The lowest BCUT2D eigenvalue weighted by atomic mass is 9.91. The summed E-state index contributed by atoms with van der Waals surface area (Å²) in [4.78, 5) is 10.3. The van der Waals surface area contributed by atoms with Crippen LogP contribution in [0.1, 0.15) is 18.4 Å². The van der Waals surface area contributed by atoms with Gasteiger partial charge in [-0.2, -0.15) is 0 Å². The van der Waals surface area contributed by atoms with Crippen LogP contribution < -0.4 is 0 Å². The molecule has 1 aromatic carbocycles. The molecule has 1 aliphatic heterocycles. The molecule has 1 heterocycles. The van der Waals surface area contributed by atoms with Crippen molar-refractivity contribution < 1.29 is 0 Å². The maximum atomic E-state index is 10.3. The predicted octanol–water partition coefficient (Wildman–Crippen LogP) is 2.62. The second-order valence-electron chi connectivity index (χ2n) is 4.17. The number of benzene rings is 1. The van der Waals surface area contributed by atoms with Crippen LogP contribution in [0.5, 0.6) is 0 Å². The highest BCUT2D eigenvalue weighted by Gasteiger charge is 2.18. The molecule has 0 aromatic heterocycles. The molecule has 1 aromatic rings. The van der Waals surface area contributed by atoms with Gasteiger partial charge in [0.05, 0.1) is 5.29 Å². The second kappa shape index (κ2) is 4.91. The fourth-order valence-electron chi connectivity index (χ4n) is 2.15. The van der Waals surface area contributed by atoms with E-state index in [1.54, 1.807) is 5.01 Å². The third kappa shape index (κ3) is 2.78. The number of rotatable bonds is 3. The molecule has 0 spiro atoms. The maximum Gasteiger partial charge on any atom is 0.0523 e. The lowest BCUT2D eigenvalue weighted by Gasteiger charge is -2.27. The van der Waals surface area contributed by atoms with Crippen LogP contribution in [-0.4, -0.2) is 18.1 Å². The largest absolute Gasteiger partial charge is 0.261 e. The standard InChI is InChI=1S/C12H16N2O/c15-13-14-8-6-12(7-9-14)10-11-4-2-1-3-5-11/h1-5,12H,6-10H2. The van der Waals surface area contributed by atoms with Gasteiger partial charge in [-0.25, -0.2) is 0 Å². The average molecular weight is 204 g/mol. The molecule has 80 valence electrons. The molecule has 0 aliphatic carbocycles. The number of piperidine rings is 1. The van der Waals surface area contributed by atoms with E-state index in [2.05, 4.69) is 29.6 Å². The summed E-state index contributed by atoms with van der Waals surface area (Å²) in [5.41, 5.74) is 1.40. The minimum atomic E-state index is 0.713. The van der Waals surface area contributed by atoms with E-state index in [0.29, 0.717) is 5.92 Å². The minimum absolute atomic E-state index is 0.713. The Morgan fingerprint density at radius 2 is 1.87 bits per heavy atom. The Morgan fingerprint density at radius 3 is 2.47 bits per heavy atom. The molecule has 0 N–H and O–H groups in total. The summed E-state index contributed by atoms with van der Waals surface area (Å²) in [6.45, 7) is 1.64. The van der Waals surface area contributed by atoms with Gasteiger partial charge in [-0.3, -0.25) is 5.01 Å². The average Bonchev–Trinajstić information content (AvgIpc) is 2.31. The zero-order chi connectivity index (χ0) is 10.5. The highest BCUT2D eigenvalue weighted by atomic mass is 16.3. The van der Waals surface area contributed by atoms with E-state index in [0.717, 1.165) is 32.4 Å². The van der Waals surface area contributed by atoms with E-state index in [1.165, 1.54) is 5.56 Å². The van der Waals surface area contributed by atoms with Crippen molar-refractivity contribution >= 4 is 0 Å². The topological polar surface area (TPSA) is 32.7 Å². The van der Waals surface area contributed by atoms with Crippen molar-refractivity contribution in [2.24, 2.45) is 11.2 Å². The number of nitroso groups, excluding NO2 is 1. The van der Waals surface area contributed by atoms with Crippen molar-refractivity contribution in [3.8, 4) is 0 Å². The van der Waals surface area contributed by atoms with E-state index in [4.69, 9.17) is 0 Å². The van der Waals surface area contributed by atoms with Crippen LogP contribution in [0.25, 0.3) is 0 Å². The van der Waals surface area contributed by atoms with Crippen LogP contribution >= 0.6 is 0 Å². The molecule has 1 aliphatic rings. The van der Waals surface area contributed by atoms with Crippen molar-refractivity contribution in [1.82, 2.24) is 5.01 Å². The summed E-state index contributed by atoms with van der Waals surface area (Å²) < 4.78 is 0. The Labute approximate surface area is 90.0 Å². The molecule has 1 fully saturated rings. The van der Waals surface area contributed by atoms with Gasteiger partial charge in [0.25, 0.3) is 0 Å². The van der Waals surface area contributed by atoms with Gasteiger partial charge in [0.2, 0.25) is 0 Å². The third-order valence-corrected chi connectivity index (χ3v) is 3.07. The summed E-state index contributed by atoms with van der Waals surface area (Å²) in [6.07, 6.45) is 3.30. The van der Waals surface area contributed by atoms with Crippen LogP contribution in [-0.2, 0) is 6.42 Å². The molecule has 1 saturated heterocycles. The first-order valence-electron chi connectivity index (χ1n) is 5.50. The summed E-state index contributed by atoms with van der Waals surface area (Å²) in [5.74, 6) is 0.713. The molecular formula is C12H16N2O. The quantitative estimate of drug-likeness (QED) is 0.709. The lowest BCUT2D eigenvalue weighted by molar-refractivity contribution is 0.188. The van der Waals surface area contributed by atoms with Gasteiger partial charge in [-0.1, -0.05) is 30.3 Å². The Hall–Kier alpha value is -1.38. The molecule has 0 radical (unpaired) electrons. The summed E-state index contributed by atoms with van der Waals surface area (Å²) in [7, 11) is 0. The van der Waals surface area contributed by atoms with Gasteiger partial charge in [0.1, 0.15) is 0 Å². The predicted molar refractivity (Wildman–Crippen MR) is 60.2 cm³/mol. The van der Waals surface area contributed by atoms with Gasteiger partial charge < -0.3 is 0 Å². The molecule has 0 bridgehead atoms. The Bertz CT molecular complexity index is 305. The molecule has 0 saturated carbocycles. The van der Waals surface area contributed by atoms with Crippen molar-refractivity contribution in [1.29, 1.82) is 0 Å². The third-order valence-electron chi connectivity index (χ3n) is 3.07. The highest BCUT2D eigenvalue weighted by molar-refractivity contribution is 5.15. The highest BCUT2D eigenvalue weighted by Crippen LogP contribution is 2.21.